The fourth-order valence-corrected chi connectivity index (χ4v) is 2.08. The average molecular weight is 379 g/mol. The van der Waals surface area contributed by atoms with E-state index in [-0.39, 0.29) is 12.0 Å². The Morgan fingerprint density at radius 3 is 2.00 bits per heavy atom. The van der Waals surface area contributed by atoms with Gasteiger partial charge in [-0.2, -0.15) is 13.2 Å². The van der Waals surface area contributed by atoms with Gasteiger partial charge in [-0.25, -0.2) is 0 Å². The Bertz CT molecular complexity index is 806. The molecule has 0 saturated carbocycles. The lowest BCUT2D eigenvalue weighted by molar-refractivity contribution is -0.137. The van der Waals surface area contributed by atoms with E-state index in [4.69, 9.17) is 0 Å². The van der Waals surface area contributed by atoms with Crippen molar-refractivity contribution in [1.29, 1.82) is 0 Å². The molecule has 6 nitrogen and oxygen atoms in total. The van der Waals surface area contributed by atoms with Crippen LogP contribution in [0.3, 0.4) is 0 Å². The molecule has 27 heavy (non-hydrogen) atoms. The number of amides is 3. The Labute approximate surface area is 152 Å². The summed E-state index contributed by atoms with van der Waals surface area (Å²) in [6.45, 7) is -0.453. The molecule has 0 unspecified atom stereocenters. The second-order valence-electron chi connectivity index (χ2n) is 5.52. The topological polar surface area (TPSA) is 87.3 Å². The van der Waals surface area contributed by atoms with E-state index in [2.05, 4.69) is 16.2 Å². The molecule has 2 rings (SSSR count). The normalized spacial score (nSPS) is 10.8. The largest absolute Gasteiger partial charge is 0.416 e. The third-order valence-electron chi connectivity index (χ3n) is 3.43. The number of carbonyl (C=O) groups is 3. The van der Waals surface area contributed by atoms with Crippen LogP contribution >= 0.6 is 0 Å². The summed E-state index contributed by atoms with van der Waals surface area (Å²) in [5, 5.41) is 2.25. The van der Waals surface area contributed by atoms with Gasteiger partial charge in [0.25, 0.3) is 11.8 Å². The standard InChI is InChI=1S/C18H16F3N3O3/c19-18(20,21)14-8-6-13(7-9-14)17(27)22-11-16(26)24-23-15(25)10-12-4-2-1-3-5-12/h1-9H,10-11H2,(H,22,27)(H,23,25)(H,24,26). The molecule has 0 aliphatic heterocycles. The van der Waals surface area contributed by atoms with E-state index in [1.165, 1.54) is 0 Å². The minimum absolute atomic E-state index is 0.0242. The van der Waals surface area contributed by atoms with Crippen LogP contribution in [0.5, 0.6) is 0 Å². The van der Waals surface area contributed by atoms with Crippen LogP contribution in [0.1, 0.15) is 21.5 Å². The van der Waals surface area contributed by atoms with Gasteiger partial charge in [-0.15, -0.1) is 0 Å². The van der Waals surface area contributed by atoms with Gasteiger partial charge in [0.2, 0.25) is 5.91 Å². The van der Waals surface area contributed by atoms with Crippen molar-refractivity contribution in [2.24, 2.45) is 0 Å². The lowest BCUT2D eigenvalue weighted by Crippen LogP contribution is -2.46. The number of benzene rings is 2. The van der Waals surface area contributed by atoms with Gasteiger partial charge in [-0.3, -0.25) is 25.2 Å². The van der Waals surface area contributed by atoms with Crippen molar-refractivity contribution < 1.29 is 27.6 Å². The third kappa shape index (κ3) is 6.46. The first kappa shape index (κ1) is 20.0. The first-order chi connectivity index (χ1) is 12.8. The highest BCUT2D eigenvalue weighted by molar-refractivity contribution is 5.96. The Morgan fingerprint density at radius 2 is 1.41 bits per heavy atom. The number of halogens is 3. The molecule has 0 atom stereocenters. The zero-order valence-corrected chi connectivity index (χ0v) is 14.0. The zero-order chi connectivity index (χ0) is 19.9. The summed E-state index contributed by atoms with van der Waals surface area (Å²) < 4.78 is 37.4. The van der Waals surface area contributed by atoms with Crippen LogP contribution in [-0.2, 0) is 22.2 Å². The van der Waals surface area contributed by atoms with Gasteiger partial charge in [0, 0.05) is 5.56 Å². The molecule has 0 bridgehead atoms. The summed E-state index contributed by atoms with van der Waals surface area (Å²) in [6.07, 6.45) is -4.42. The molecule has 0 spiro atoms. The Hall–Kier alpha value is -3.36. The lowest BCUT2D eigenvalue weighted by Gasteiger charge is -2.09. The number of nitrogens with one attached hydrogen (secondary N) is 3. The first-order valence-corrected chi connectivity index (χ1v) is 7.83. The molecule has 2 aromatic carbocycles. The molecule has 0 heterocycles. The summed E-state index contributed by atoms with van der Waals surface area (Å²) in [7, 11) is 0. The van der Waals surface area contributed by atoms with Crippen LogP contribution in [0, 0.1) is 0 Å². The summed E-state index contributed by atoms with van der Waals surface area (Å²) in [4.78, 5) is 35.1. The fourth-order valence-electron chi connectivity index (χ4n) is 2.08. The average Bonchev–Trinajstić information content (AvgIpc) is 2.64. The van der Waals surface area contributed by atoms with Gasteiger partial charge < -0.3 is 5.32 Å². The molecule has 0 aromatic heterocycles. The summed E-state index contributed by atoms with van der Waals surface area (Å²) in [5.74, 6) is -1.84. The van der Waals surface area contributed by atoms with Gasteiger partial charge >= 0.3 is 6.18 Å². The number of rotatable bonds is 5. The van der Waals surface area contributed by atoms with E-state index >= 15 is 0 Å². The van der Waals surface area contributed by atoms with Crippen LogP contribution in [0.15, 0.2) is 54.6 Å². The summed E-state index contributed by atoms with van der Waals surface area (Å²) in [5.41, 5.74) is 4.20. The van der Waals surface area contributed by atoms with Crippen molar-refractivity contribution in [3.63, 3.8) is 0 Å². The molecule has 9 heteroatoms. The van der Waals surface area contributed by atoms with E-state index in [9.17, 15) is 27.6 Å². The maximum atomic E-state index is 12.5. The minimum Gasteiger partial charge on any atom is -0.343 e. The van der Waals surface area contributed by atoms with E-state index in [1.807, 2.05) is 6.07 Å². The second-order valence-corrected chi connectivity index (χ2v) is 5.52. The zero-order valence-electron chi connectivity index (χ0n) is 14.0. The van der Waals surface area contributed by atoms with Gasteiger partial charge in [0.05, 0.1) is 18.5 Å². The van der Waals surface area contributed by atoms with Crippen molar-refractivity contribution in [2.75, 3.05) is 6.54 Å². The predicted molar refractivity (Wildman–Crippen MR) is 90.2 cm³/mol. The monoisotopic (exact) mass is 379 g/mol. The van der Waals surface area contributed by atoms with Crippen molar-refractivity contribution in [3.05, 3.63) is 71.3 Å². The molecule has 3 amide bonds. The smallest absolute Gasteiger partial charge is 0.343 e. The quantitative estimate of drug-likeness (QED) is 0.693. The number of hydrazine groups is 1. The molecule has 0 saturated heterocycles. The maximum absolute atomic E-state index is 12.5. The summed E-state index contributed by atoms with van der Waals surface area (Å²) in [6, 6.07) is 12.4. The van der Waals surface area contributed by atoms with Crippen molar-refractivity contribution in [3.8, 4) is 0 Å². The number of alkyl halides is 3. The molecule has 0 aliphatic rings. The third-order valence-corrected chi connectivity index (χ3v) is 3.43. The number of carbonyl (C=O) groups excluding carboxylic acids is 3. The van der Waals surface area contributed by atoms with Crippen molar-refractivity contribution in [2.45, 2.75) is 12.6 Å². The molecule has 0 radical (unpaired) electrons. The van der Waals surface area contributed by atoms with Crippen LogP contribution in [0.2, 0.25) is 0 Å². The highest BCUT2D eigenvalue weighted by Crippen LogP contribution is 2.28. The van der Waals surface area contributed by atoms with Gasteiger partial charge in [-0.1, -0.05) is 30.3 Å². The van der Waals surface area contributed by atoms with E-state index in [0.29, 0.717) is 0 Å². The van der Waals surface area contributed by atoms with Crippen molar-refractivity contribution in [1.82, 2.24) is 16.2 Å². The summed E-state index contributed by atoms with van der Waals surface area (Å²) >= 11 is 0. The molecule has 142 valence electrons. The molecule has 0 aliphatic carbocycles. The predicted octanol–water partition coefficient (Wildman–Crippen LogP) is 1.83. The Balaban J connectivity index is 1.74. The number of hydrogen-bond acceptors (Lipinski definition) is 3. The second kappa shape index (κ2) is 8.84. The van der Waals surface area contributed by atoms with E-state index < -0.39 is 36.0 Å². The molecule has 0 fully saturated rings. The Morgan fingerprint density at radius 1 is 0.815 bits per heavy atom. The SMILES string of the molecule is O=C(CNC(=O)c1ccc(C(F)(F)F)cc1)NNC(=O)Cc1ccccc1. The van der Waals surface area contributed by atoms with Crippen molar-refractivity contribution >= 4 is 17.7 Å². The molecular weight excluding hydrogens is 363 g/mol. The maximum Gasteiger partial charge on any atom is 0.416 e. The fraction of sp³-hybridized carbons (Fsp3) is 0.167. The first-order valence-electron chi connectivity index (χ1n) is 7.83. The van der Waals surface area contributed by atoms with E-state index in [1.54, 1.807) is 24.3 Å². The minimum atomic E-state index is -4.49. The molecule has 3 N–H and O–H groups in total. The highest BCUT2D eigenvalue weighted by atomic mass is 19.4. The molecule has 2 aromatic rings. The van der Waals surface area contributed by atoms with Crippen LogP contribution in [-0.4, -0.2) is 24.3 Å². The van der Waals surface area contributed by atoms with Crippen LogP contribution in [0.25, 0.3) is 0 Å². The number of hydrogen-bond donors (Lipinski definition) is 3. The van der Waals surface area contributed by atoms with Gasteiger partial charge in [0.15, 0.2) is 0 Å². The van der Waals surface area contributed by atoms with Crippen LogP contribution in [0.4, 0.5) is 13.2 Å². The highest BCUT2D eigenvalue weighted by Gasteiger charge is 2.30. The molecular formula is C18H16F3N3O3. The van der Waals surface area contributed by atoms with Crippen LogP contribution < -0.4 is 16.2 Å². The van der Waals surface area contributed by atoms with Gasteiger partial charge in [-0.05, 0) is 29.8 Å². The Kier molecular flexibility index (Phi) is 6.53. The van der Waals surface area contributed by atoms with Gasteiger partial charge in [0.1, 0.15) is 0 Å². The lowest BCUT2D eigenvalue weighted by atomic mass is 10.1. The van der Waals surface area contributed by atoms with E-state index in [0.717, 1.165) is 29.8 Å².